The van der Waals surface area contributed by atoms with Crippen LogP contribution in [0.5, 0.6) is 0 Å². The van der Waals surface area contributed by atoms with Gasteiger partial charge in [-0.05, 0) is 43.4 Å². The van der Waals surface area contributed by atoms with Crippen LogP contribution in [0, 0.1) is 17.3 Å². The van der Waals surface area contributed by atoms with Crippen molar-refractivity contribution in [3.63, 3.8) is 0 Å². The van der Waals surface area contributed by atoms with Crippen LogP contribution in [-0.2, 0) is 19.0 Å². The summed E-state index contributed by atoms with van der Waals surface area (Å²) in [7, 11) is 0. The van der Waals surface area contributed by atoms with E-state index in [2.05, 4.69) is 6.92 Å². The monoisotopic (exact) mass is 392 g/mol. The zero-order chi connectivity index (χ0) is 19.9. The summed E-state index contributed by atoms with van der Waals surface area (Å²) in [5, 5.41) is 31.9. The molecule has 28 heavy (non-hydrogen) atoms. The Morgan fingerprint density at radius 3 is 2.75 bits per heavy atom. The van der Waals surface area contributed by atoms with E-state index in [1.807, 2.05) is 6.08 Å². The van der Waals surface area contributed by atoms with Gasteiger partial charge in [0.15, 0.2) is 11.7 Å². The number of aliphatic hydroxyl groups is 3. The van der Waals surface area contributed by atoms with Crippen LogP contribution in [0.3, 0.4) is 0 Å². The predicted octanol–water partition coefficient (Wildman–Crippen LogP) is 1.17. The van der Waals surface area contributed by atoms with Gasteiger partial charge in [0.05, 0.1) is 31.0 Å². The highest BCUT2D eigenvalue weighted by Gasteiger charge is 2.68. The van der Waals surface area contributed by atoms with Crippen LogP contribution in [-0.4, -0.2) is 57.6 Å². The number of carbonyl (C=O) groups excluding carboxylic acids is 1. The van der Waals surface area contributed by atoms with E-state index >= 15 is 0 Å². The first-order valence-electron chi connectivity index (χ1n) is 10.2. The fourth-order valence-electron chi connectivity index (χ4n) is 6.22. The van der Waals surface area contributed by atoms with Crippen LogP contribution in [0.15, 0.2) is 23.5 Å². The molecule has 0 aromatic rings. The summed E-state index contributed by atoms with van der Waals surface area (Å²) in [6.07, 6.45) is 3.86. The fourth-order valence-corrected chi connectivity index (χ4v) is 6.22. The van der Waals surface area contributed by atoms with Gasteiger partial charge in [-0.25, -0.2) is 0 Å². The largest absolute Gasteiger partial charge is 0.466 e. The summed E-state index contributed by atoms with van der Waals surface area (Å²) in [4.78, 5) is 13.1. The van der Waals surface area contributed by atoms with Gasteiger partial charge < -0.3 is 29.5 Å². The number of fused-ring (bicyclic) bond motifs is 3. The van der Waals surface area contributed by atoms with Gasteiger partial charge >= 0.3 is 5.97 Å². The molecule has 5 aliphatic rings. The van der Waals surface area contributed by atoms with Crippen molar-refractivity contribution in [3.05, 3.63) is 23.5 Å². The van der Waals surface area contributed by atoms with E-state index in [1.54, 1.807) is 13.2 Å². The number of hydrogen-bond donors (Lipinski definition) is 3. The van der Waals surface area contributed by atoms with Crippen LogP contribution in [0.2, 0.25) is 0 Å². The van der Waals surface area contributed by atoms with Gasteiger partial charge in [0.25, 0.3) is 0 Å². The molecule has 3 heterocycles. The second kappa shape index (κ2) is 5.81. The number of aliphatic hydroxyl groups excluding tert-OH is 2. The molecule has 1 unspecified atom stereocenters. The molecule has 0 bridgehead atoms. The number of esters is 1. The van der Waals surface area contributed by atoms with E-state index in [0.29, 0.717) is 37.7 Å². The minimum Gasteiger partial charge on any atom is -0.466 e. The van der Waals surface area contributed by atoms with Crippen molar-refractivity contribution < 1.29 is 34.3 Å². The number of carbonyl (C=O) groups is 1. The van der Waals surface area contributed by atoms with Crippen molar-refractivity contribution in [2.45, 2.75) is 75.7 Å². The second-order valence-corrected chi connectivity index (χ2v) is 9.39. The third kappa shape index (κ3) is 2.22. The summed E-state index contributed by atoms with van der Waals surface area (Å²) in [6.45, 7) is 3.85. The van der Waals surface area contributed by atoms with Crippen LogP contribution in [0.1, 0.15) is 46.0 Å². The van der Waals surface area contributed by atoms with Crippen molar-refractivity contribution in [2.75, 3.05) is 6.61 Å². The van der Waals surface area contributed by atoms with Gasteiger partial charge in [0.2, 0.25) is 5.79 Å². The fraction of sp³-hybridized carbons (Fsp3) is 0.762. The SMILES string of the molecule is C[C@]12OC=C3CC[C@H]4[C@@H](CC=C5C[C@@H](O)[C@H](O)C[C@@]54C)C(=O)OC(CO1)[C@@]32O. The van der Waals surface area contributed by atoms with Crippen molar-refractivity contribution in [1.82, 2.24) is 0 Å². The quantitative estimate of drug-likeness (QED) is 0.420. The third-order valence-corrected chi connectivity index (χ3v) is 8.03. The maximum absolute atomic E-state index is 13.1. The molecule has 8 atom stereocenters. The molecule has 7 nitrogen and oxygen atoms in total. The summed E-state index contributed by atoms with van der Waals surface area (Å²) in [6, 6.07) is 0. The molecule has 0 radical (unpaired) electrons. The Bertz CT molecular complexity index is 775. The highest BCUT2D eigenvalue weighted by atomic mass is 16.7. The summed E-state index contributed by atoms with van der Waals surface area (Å²) in [5.74, 6) is -1.95. The molecule has 7 heteroatoms. The summed E-state index contributed by atoms with van der Waals surface area (Å²) < 4.78 is 17.1. The molecule has 3 N–H and O–H groups in total. The average Bonchev–Trinajstić information content (AvgIpc) is 3.04. The lowest BCUT2D eigenvalue weighted by Crippen LogP contribution is -2.54. The molecule has 2 aliphatic carbocycles. The standard InChI is InChI=1S/C21H28O7/c1-19-8-16(23)15(22)7-11(19)3-5-13-14(19)6-4-12-9-26-20(2)21(12,25)17(10-27-20)28-18(13)24/h3,9,13-17,22-23,25H,4-8,10H2,1-2H3/t13-,14+,15-,16-,17?,19+,20+,21+/m1/s1. The smallest absolute Gasteiger partial charge is 0.310 e. The first kappa shape index (κ1) is 18.6. The second-order valence-electron chi connectivity index (χ2n) is 9.39. The molecule has 5 rings (SSSR count). The van der Waals surface area contributed by atoms with E-state index in [4.69, 9.17) is 14.2 Å². The van der Waals surface area contributed by atoms with Gasteiger partial charge in [0.1, 0.15) is 0 Å². The first-order chi connectivity index (χ1) is 13.2. The third-order valence-electron chi connectivity index (χ3n) is 8.03. The Balaban J connectivity index is 1.53. The van der Waals surface area contributed by atoms with Gasteiger partial charge in [0, 0.05) is 12.5 Å². The molecule has 154 valence electrons. The topological polar surface area (TPSA) is 105 Å². The average molecular weight is 392 g/mol. The van der Waals surface area contributed by atoms with Gasteiger partial charge in [-0.1, -0.05) is 18.6 Å². The molecular weight excluding hydrogens is 364 g/mol. The summed E-state index contributed by atoms with van der Waals surface area (Å²) in [5.41, 5.74) is -0.0534. The molecular formula is C21H28O7. The van der Waals surface area contributed by atoms with Crippen LogP contribution >= 0.6 is 0 Å². The minimum absolute atomic E-state index is 0.0433. The Kier molecular flexibility index (Phi) is 3.86. The maximum atomic E-state index is 13.1. The lowest BCUT2D eigenvalue weighted by molar-refractivity contribution is -0.222. The van der Waals surface area contributed by atoms with E-state index in [0.717, 1.165) is 5.57 Å². The highest BCUT2D eigenvalue weighted by molar-refractivity contribution is 5.74. The Hall–Kier alpha value is -1.41. The predicted molar refractivity (Wildman–Crippen MR) is 96.6 cm³/mol. The molecule has 2 saturated heterocycles. The van der Waals surface area contributed by atoms with E-state index < -0.39 is 29.7 Å². The summed E-state index contributed by atoms with van der Waals surface area (Å²) >= 11 is 0. The lowest BCUT2D eigenvalue weighted by Gasteiger charge is -2.50. The van der Waals surface area contributed by atoms with Gasteiger partial charge in [-0.2, -0.15) is 0 Å². The van der Waals surface area contributed by atoms with Crippen LogP contribution in [0.25, 0.3) is 0 Å². The zero-order valence-corrected chi connectivity index (χ0v) is 16.3. The normalized spacial score (nSPS) is 52.6. The number of rotatable bonds is 0. The minimum atomic E-state index is -1.48. The molecule has 3 aliphatic heterocycles. The Labute approximate surface area is 164 Å². The lowest BCUT2D eigenvalue weighted by atomic mass is 9.55. The molecule has 0 amide bonds. The number of ether oxygens (including phenoxy) is 3. The van der Waals surface area contributed by atoms with E-state index in [1.165, 1.54) is 0 Å². The first-order valence-corrected chi connectivity index (χ1v) is 10.2. The maximum Gasteiger partial charge on any atom is 0.310 e. The van der Waals surface area contributed by atoms with Crippen molar-refractivity contribution in [1.29, 1.82) is 0 Å². The van der Waals surface area contributed by atoms with Crippen LogP contribution in [0.4, 0.5) is 0 Å². The Morgan fingerprint density at radius 1 is 1.18 bits per heavy atom. The van der Waals surface area contributed by atoms with Crippen molar-refractivity contribution in [2.24, 2.45) is 17.3 Å². The molecule has 0 spiro atoms. The van der Waals surface area contributed by atoms with Gasteiger partial charge in [-0.3, -0.25) is 4.79 Å². The van der Waals surface area contributed by atoms with Gasteiger partial charge in [-0.15, -0.1) is 0 Å². The van der Waals surface area contributed by atoms with Crippen molar-refractivity contribution in [3.8, 4) is 0 Å². The van der Waals surface area contributed by atoms with Crippen molar-refractivity contribution >= 4 is 5.97 Å². The molecule has 0 aromatic carbocycles. The highest BCUT2D eigenvalue weighted by Crippen LogP contribution is 2.57. The zero-order valence-electron chi connectivity index (χ0n) is 16.3. The van der Waals surface area contributed by atoms with E-state index in [-0.39, 0.29) is 29.8 Å². The Morgan fingerprint density at radius 2 is 1.96 bits per heavy atom. The molecule has 0 aromatic heterocycles. The van der Waals surface area contributed by atoms with E-state index in [9.17, 15) is 20.1 Å². The molecule has 1 saturated carbocycles. The van der Waals surface area contributed by atoms with Crippen LogP contribution < -0.4 is 0 Å². The number of hydrogen-bond acceptors (Lipinski definition) is 7. The molecule has 3 fully saturated rings. The number of allylic oxidation sites excluding steroid dienone is 1.